The van der Waals surface area contributed by atoms with Crippen LogP contribution >= 0.6 is 11.6 Å². The fraction of sp³-hybridized carbons (Fsp3) is 0.143. The predicted octanol–water partition coefficient (Wildman–Crippen LogP) is 4.07. The summed E-state index contributed by atoms with van der Waals surface area (Å²) in [5, 5.41) is 2.77. The minimum absolute atomic E-state index is 0.117. The molecule has 28 heavy (non-hydrogen) atoms. The van der Waals surface area contributed by atoms with E-state index in [-0.39, 0.29) is 18.7 Å². The summed E-state index contributed by atoms with van der Waals surface area (Å²) >= 11 is 6.52. The largest absolute Gasteiger partial charge is 0.454 e. The summed E-state index contributed by atoms with van der Waals surface area (Å²) in [6.45, 7) is 1.71. The van der Waals surface area contributed by atoms with E-state index >= 15 is 0 Å². The van der Waals surface area contributed by atoms with Gasteiger partial charge in [0.25, 0.3) is 0 Å². The number of rotatable bonds is 2. The van der Waals surface area contributed by atoms with Gasteiger partial charge in [0.15, 0.2) is 11.5 Å². The summed E-state index contributed by atoms with van der Waals surface area (Å²) in [7, 11) is 0. The van der Waals surface area contributed by atoms with Gasteiger partial charge < -0.3 is 9.47 Å². The fourth-order valence-corrected chi connectivity index (χ4v) is 3.77. The van der Waals surface area contributed by atoms with E-state index in [1.165, 1.54) is 6.92 Å². The number of ether oxygens (including phenoxy) is 2. The highest BCUT2D eigenvalue weighted by Crippen LogP contribution is 2.39. The molecule has 2 aliphatic heterocycles. The average Bonchev–Trinajstić information content (AvgIpc) is 3.33. The van der Waals surface area contributed by atoms with Crippen molar-refractivity contribution in [1.82, 2.24) is 15.4 Å². The van der Waals surface area contributed by atoms with Gasteiger partial charge in [-0.3, -0.25) is 10.2 Å². The highest BCUT2D eigenvalue weighted by molar-refractivity contribution is 6.30. The maximum atomic E-state index is 12.3. The Kier molecular flexibility index (Phi) is 3.87. The zero-order valence-electron chi connectivity index (χ0n) is 15.0. The molecule has 1 atom stereocenters. The van der Waals surface area contributed by atoms with Gasteiger partial charge in [0.05, 0.1) is 11.2 Å². The van der Waals surface area contributed by atoms with E-state index in [1.807, 2.05) is 54.6 Å². The van der Waals surface area contributed by atoms with Crippen LogP contribution in [0.3, 0.4) is 0 Å². The molecule has 0 aliphatic carbocycles. The van der Waals surface area contributed by atoms with Crippen molar-refractivity contribution in [3.05, 3.63) is 70.9 Å². The van der Waals surface area contributed by atoms with Crippen molar-refractivity contribution in [2.45, 2.75) is 13.0 Å². The number of carbonyl (C=O) groups excluding carboxylic acids is 1. The molecule has 1 amide bonds. The molecular weight excluding hydrogens is 378 g/mol. The van der Waals surface area contributed by atoms with Gasteiger partial charge in [-0.1, -0.05) is 41.9 Å². The Balaban J connectivity index is 1.62. The number of amides is 1. The van der Waals surface area contributed by atoms with Crippen LogP contribution in [0.5, 0.6) is 11.5 Å². The lowest BCUT2D eigenvalue weighted by atomic mass is 10.0. The van der Waals surface area contributed by atoms with Gasteiger partial charge in [-0.25, -0.2) is 9.99 Å². The first-order valence-corrected chi connectivity index (χ1v) is 9.21. The number of fused-ring (bicyclic) bond motifs is 2. The lowest BCUT2D eigenvalue weighted by molar-refractivity contribution is -0.132. The number of carbonyl (C=O) groups is 1. The average molecular weight is 394 g/mol. The lowest BCUT2D eigenvalue weighted by Gasteiger charge is -2.24. The van der Waals surface area contributed by atoms with Crippen molar-refractivity contribution in [3.8, 4) is 11.5 Å². The molecule has 1 aromatic heterocycles. The second-order valence-electron chi connectivity index (χ2n) is 6.66. The molecule has 0 bridgehead atoms. The quantitative estimate of drug-likeness (QED) is 0.665. The number of pyridine rings is 1. The molecule has 6 nitrogen and oxygen atoms in total. The molecule has 0 unspecified atom stereocenters. The van der Waals surface area contributed by atoms with E-state index in [0.29, 0.717) is 22.2 Å². The van der Waals surface area contributed by atoms with Crippen molar-refractivity contribution in [1.29, 1.82) is 0 Å². The van der Waals surface area contributed by atoms with E-state index in [2.05, 4.69) is 10.4 Å². The molecular formula is C21H16ClN3O3. The first-order chi connectivity index (χ1) is 13.6. The molecule has 140 valence electrons. The van der Waals surface area contributed by atoms with Gasteiger partial charge in [0.2, 0.25) is 12.7 Å². The molecule has 2 aliphatic rings. The molecule has 0 radical (unpaired) electrons. The number of nitrogens with one attached hydrogen (secondary N) is 1. The Hall–Kier alpha value is -3.25. The summed E-state index contributed by atoms with van der Waals surface area (Å²) < 4.78 is 10.9. The fourth-order valence-electron chi connectivity index (χ4n) is 3.52. The second kappa shape index (κ2) is 6.42. The van der Waals surface area contributed by atoms with Crippen molar-refractivity contribution in [2.75, 3.05) is 6.79 Å². The van der Waals surface area contributed by atoms with Gasteiger partial charge in [-0.15, -0.1) is 0 Å². The Bertz CT molecular complexity index is 1130. The zero-order chi connectivity index (χ0) is 19.3. The molecule has 1 N–H and O–H groups in total. The van der Waals surface area contributed by atoms with Crippen molar-refractivity contribution in [2.24, 2.45) is 0 Å². The minimum Gasteiger partial charge on any atom is -0.454 e. The lowest BCUT2D eigenvalue weighted by Crippen LogP contribution is -2.38. The number of hydrogen-bond donors (Lipinski definition) is 1. The van der Waals surface area contributed by atoms with Crippen LogP contribution in [-0.2, 0) is 4.79 Å². The predicted molar refractivity (Wildman–Crippen MR) is 106 cm³/mol. The molecule has 0 saturated carbocycles. The van der Waals surface area contributed by atoms with Crippen LogP contribution in [0.15, 0.2) is 54.6 Å². The highest BCUT2D eigenvalue weighted by atomic mass is 35.5. The Labute approximate surface area is 166 Å². The van der Waals surface area contributed by atoms with Gasteiger partial charge in [-0.05, 0) is 23.8 Å². The van der Waals surface area contributed by atoms with Gasteiger partial charge in [-0.2, -0.15) is 0 Å². The number of hydrazine groups is 1. The first-order valence-electron chi connectivity index (χ1n) is 8.83. The summed E-state index contributed by atoms with van der Waals surface area (Å²) in [4.78, 5) is 16.8. The number of nitrogens with zero attached hydrogens (tertiary/aromatic N) is 2. The molecule has 3 heterocycles. The van der Waals surface area contributed by atoms with Crippen molar-refractivity contribution in [3.63, 3.8) is 0 Å². The van der Waals surface area contributed by atoms with Gasteiger partial charge >= 0.3 is 0 Å². The number of aromatic nitrogens is 1. The highest BCUT2D eigenvalue weighted by Gasteiger charge is 2.31. The van der Waals surface area contributed by atoms with E-state index < -0.39 is 0 Å². The monoisotopic (exact) mass is 393 g/mol. The van der Waals surface area contributed by atoms with E-state index in [4.69, 9.17) is 21.1 Å². The van der Waals surface area contributed by atoms with Gasteiger partial charge in [0, 0.05) is 23.9 Å². The van der Waals surface area contributed by atoms with Crippen LogP contribution in [0.1, 0.15) is 24.1 Å². The molecule has 7 heteroatoms. The summed E-state index contributed by atoms with van der Waals surface area (Å²) in [5.74, 6) is 1.22. The van der Waals surface area contributed by atoms with Crippen LogP contribution in [0.4, 0.5) is 0 Å². The van der Waals surface area contributed by atoms with Crippen molar-refractivity contribution >= 4 is 34.1 Å². The Morgan fingerprint density at radius 1 is 1.18 bits per heavy atom. The molecule has 0 fully saturated rings. The van der Waals surface area contributed by atoms with Crippen LogP contribution in [0.2, 0.25) is 5.15 Å². The molecule has 0 saturated heterocycles. The normalized spacial score (nSPS) is 17.6. The first kappa shape index (κ1) is 16.9. The Morgan fingerprint density at radius 3 is 2.68 bits per heavy atom. The van der Waals surface area contributed by atoms with Crippen LogP contribution in [0.25, 0.3) is 16.6 Å². The third-order valence-corrected chi connectivity index (χ3v) is 5.18. The molecule has 0 spiro atoms. The van der Waals surface area contributed by atoms with E-state index in [0.717, 1.165) is 22.2 Å². The van der Waals surface area contributed by atoms with E-state index in [9.17, 15) is 4.79 Å². The smallest absolute Gasteiger partial charge is 0.238 e. The molecule has 3 aromatic rings. The standard InChI is InChI=1S/C21H16ClN3O3/c1-12(26)25-18(9-17(24-25)13-5-3-2-4-6-13)15-7-14-8-19-20(28-11-27-19)10-16(14)23-21(15)22/h2-10,18,24H,11H2,1H3/t18-/m0/s1. The molecule has 5 rings (SSSR count). The number of halogens is 1. The van der Waals surface area contributed by atoms with Gasteiger partial charge in [0.1, 0.15) is 11.2 Å². The molecule has 2 aromatic carbocycles. The maximum absolute atomic E-state index is 12.3. The van der Waals surface area contributed by atoms with Crippen LogP contribution < -0.4 is 14.9 Å². The van der Waals surface area contributed by atoms with Crippen molar-refractivity contribution < 1.29 is 14.3 Å². The topological polar surface area (TPSA) is 63.7 Å². The minimum atomic E-state index is -0.373. The number of hydrogen-bond acceptors (Lipinski definition) is 5. The van der Waals surface area contributed by atoms with Crippen LogP contribution in [0, 0.1) is 0 Å². The van der Waals surface area contributed by atoms with E-state index in [1.54, 1.807) is 5.01 Å². The zero-order valence-corrected chi connectivity index (χ0v) is 15.7. The summed E-state index contributed by atoms with van der Waals surface area (Å²) in [6.07, 6.45) is 1.98. The summed E-state index contributed by atoms with van der Waals surface area (Å²) in [6, 6.07) is 15.1. The number of benzene rings is 2. The second-order valence-corrected chi connectivity index (χ2v) is 7.02. The summed E-state index contributed by atoms with van der Waals surface area (Å²) in [5.41, 5.74) is 6.48. The SMILES string of the molecule is CC(=O)N1NC(c2ccccc2)=C[C@H]1c1cc2cc3c(cc2nc1Cl)OCO3. The maximum Gasteiger partial charge on any atom is 0.238 e. The third kappa shape index (κ3) is 2.73. The third-order valence-electron chi connectivity index (χ3n) is 4.88. The van der Waals surface area contributed by atoms with Crippen LogP contribution in [-0.4, -0.2) is 22.7 Å². The Morgan fingerprint density at radius 2 is 1.93 bits per heavy atom.